The maximum Gasteiger partial charge on any atom is 0.330 e. The molecule has 0 saturated heterocycles. The molecule has 1 rings (SSSR count). The van der Waals surface area contributed by atoms with Crippen molar-refractivity contribution >= 4 is 23.5 Å². The van der Waals surface area contributed by atoms with Gasteiger partial charge in [-0.25, -0.2) is 4.79 Å². The van der Waals surface area contributed by atoms with Crippen LogP contribution in [0.4, 0.5) is 0 Å². The molecule has 7 heteroatoms. The van der Waals surface area contributed by atoms with Crippen LogP contribution in [-0.2, 0) is 14.3 Å². The molecule has 0 aliphatic rings. The number of amides is 1. The van der Waals surface area contributed by atoms with Gasteiger partial charge in [0, 0.05) is 5.02 Å². The van der Waals surface area contributed by atoms with Crippen LogP contribution in [0.15, 0.2) is 18.2 Å². The van der Waals surface area contributed by atoms with E-state index in [0.717, 1.165) is 5.56 Å². The van der Waals surface area contributed by atoms with Gasteiger partial charge in [-0.3, -0.25) is 4.79 Å². The number of aliphatic hydroxyl groups is 1. The summed E-state index contributed by atoms with van der Waals surface area (Å²) in [6, 6.07) is 3.89. The molecule has 20 heavy (non-hydrogen) atoms. The summed E-state index contributed by atoms with van der Waals surface area (Å²) >= 11 is 5.87. The Hall–Kier alpha value is -1.79. The Morgan fingerprint density at radius 3 is 2.70 bits per heavy atom. The van der Waals surface area contributed by atoms with Crippen LogP contribution < -0.4 is 10.1 Å². The van der Waals surface area contributed by atoms with Crippen LogP contribution in [0.25, 0.3) is 0 Å². The molecule has 0 aromatic heterocycles. The Morgan fingerprint density at radius 1 is 1.45 bits per heavy atom. The summed E-state index contributed by atoms with van der Waals surface area (Å²) < 4.78 is 9.68. The molecule has 0 saturated carbocycles. The third kappa shape index (κ3) is 4.71. The number of nitrogens with one attached hydrogen (secondary N) is 1. The summed E-state index contributed by atoms with van der Waals surface area (Å²) in [6.07, 6.45) is 0. The Bertz CT molecular complexity index is 492. The summed E-state index contributed by atoms with van der Waals surface area (Å²) in [5.41, 5.74) is 0.826. The molecule has 110 valence electrons. The minimum absolute atomic E-state index is 0.283. The fourth-order valence-corrected chi connectivity index (χ4v) is 1.53. The first-order chi connectivity index (χ1) is 9.47. The van der Waals surface area contributed by atoms with E-state index in [-0.39, 0.29) is 6.61 Å². The molecule has 1 atom stereocenters. The van der Waals surface area contributed by atoms with Gasteiger partial charge in [-0.2, -0.15) is 0 Å². The number of aryl methyl sites for hydroxylation is 1. The van der Waals surface area contributed by atoms with Crippen molar-refractivity contribution in [2.24, 2.45) is 0 Å². The van der Waals surface area contributed by atoms with E-state index in [1.807, 2.05) is 6.92 Å². The molecule has 6 nitrogen and oxygen atoms in total. The van der Waals surface area contributed by atoms with Crippen molar-refractivity contribution in [2.75, 3.05) is 20.3 Å². The molecule has 0 radical (unpaired) electrons. The van der Waals surface area contributed by atoms with E-state index >= 15 is 0 Å². The average molecular weight is 302 g/mol. The van der Waals surface area contributed by atoms with Crippen molar-refractivity contribution in [3.8, 4) is 5.75 Å². The fraction of sp³-hybridized carbons (Fsp3) is 0.385. The van der Waals surface area contributed by atoms with E-state index in [0.29, 0.717) is 10.8 Å². The van der Waals surface area contributed by atoms with Crippen LogP contribution in [-0.4, -0.2) is 43.3 Å². The number of carbonyl (C=O) groups is 2. The van der Waals surface area contributed by atoms with E-state index < -0.39 is 24.5 Å². The largest absolute Gasteiger partial charge is 0.484 e. The third-order valence-corrected chi connectivity index (χ3v) is 2.93. The maximum absolute atomic E-state index is 11.6. The molecule has 0 heterocycles. The molecule has 0 spiro atoms. The highest BCUT2D eigenvalue weighted by molar-refractivity contribution is 6.31. The van der Waals surface area contributed by atoms with Gasteiger partial charge < -0.3 is 19.9 Å². The van der Waals surface area contributed by atoms with Gasteiger partial charge in [0.15, 0.2) is 12.6 Å². The molecule has 1 unspecified atom stereocenters. The topological polar surface area (TPSA) is 84.9 Å². The zero-order valence-corrected chi connectivity index (χ0v) is 11.9. The lowest BCUT2D eigenvalue weighted by molar-refractivity contribution is -0.146. The van der Waals surface area contributed by atoms with E-state index in [2.05, 4.69) is 10.1 Å². The molecule has 0 bridgehead atoms. The molecule has 2 N–H and O–H groups in total. The molecule has 0 aliphatic heterocycles. The average Bonchev–Trinajstić information content (AvgIpc) is 2.45. The second-order valence-electron chi connectivity index (χ2n) is 4.03. The highest BCUT2D eigenvalue weighted by atomic mass is 35.5. The molecule has 0 fully saturated rings. The van der Waals surface area contributed by atoms with Gasteiger partial charge in [0.1, 0.15) is 5.75 Å². The van der Waals surface area contributed by atoms with Crippen LogP contribution in [0, 0.1) is 6.92 Å². The van der Waals surface area contributed by atoms with Gasteiger partial charge in [-0.05, 0) is 30.7 Å². The zero-order chi connectivity index (χ0) is 15.1. The van der Waals surface area contributed by atoms with Crippen LogP contribution in [0.3, 0.4) is 0 Å². The van der Waals surface area contributed by atoms with Gasteiger partial charge in [0.05, 0.1) is 13.7 Å². The highest BCUT2D eigenvalue weighted by Crippen LogP contribution is 2.20. The SMILES string of the molecule is COC(=O)C(CO)NC(=O)COc1ccc(Cl)c(C)c1. The molecular weight excluding hydrogens is 286 g/mol. The first kappa shape index (κ1) is 16.3. The van der Waals surface area contributed by atoms with Crippen molar-refractivity contribution < 1.29 is 24.2 Å². The Morgan fingerprint density at radius 2 is 2.15 bits per heavy atom. The van der Waals surface area contributed by atoms with E-state index in [4.69, 9.17) is 21.4 Å². The van der Waals surface area contributed by atoms with Crippen molar-refractivity contribution in [3.05, 3.63) is 28.8 Å². The number of ether oxygens (including phenoxy) is 2. The summed E-state index contributed by atoms with van der Waals surface area (Å²) in [7, 11) is 1.17. The summed E-state index contributed by atoms with van der Waals surface area (Å²) in [5, 5.41) is 11.9. The highest BCUT2D eigenvalue weighted by Gasteiger charge is 2.20. The van der Waals surface area contributed by atoms with Crippen LogP contribution in [0.5, 0.6) is 5.75 Å². The number of hydrogen-bond donors (Lipinski definition) is 2. The molecule has 1 amide bonds. The number of halogens is 1. The first-order valence-corrected chi connectivity index (χ1v) is 6.22. The van der Waals surface area contributed by atoms with E-state index in [1.54, 1.807) is 18.2 Å². The first-order valence-electron chi connectivity index (χ1n) is 5.85. The summed E-state index contributed by atoms with van der Waals surface area (Å²) in [6.45, 7) is 0.987. The number of methoxy groups -OCH3 is 1. The Kier molecular flexibility index (Phi) is 6.27. The number of hydrogen-bond acceptors (Lipinski definition) is 5. The van der Waals surface area contributed by atoms with E-state index in [9.17, 15) is 9.59 Å². The van der Waals surface area contributed by atoms with Gasteiger partial charge in [0.2, 0.25) is 0 Å². The fourth-order valence-electron chi connectivity index (χ4n) is 1.41. The normalized spacial score (nSPS) is 11.6. The Balaban J connectivity index is 2.50. The van der Waals surface area contributed by atoms with Gasteiger partial charge in [-0.1, -0.05) is 11.6 Å². The Labute approximate surface area is 121 Å². The summed E-state index contributed by atoms with van der Waals surface area (Å²) in [4.78, 5) is 22.8. The van der Waals surface area contributed by atoms with Crippen molar-refractivity contribution in [1.82, 2.24) is 5.32 Å². The van der Waals surface area contributed by atoms with Crippen molar-refractivity contribution in [2.45, 2.75) is 13.0 Å². The van der Waals surface area contributed by atoms with Crippen LogP contribution in [0.1, 0.15) is 5.56 Å². The second kappa shape index (κ2) is 7.72. The number of carbonyl (C=O) groups excluding carboxylic acids is 2. The molecular formula is C13H16ClNO5. The summed E-state index contributed by atoms with van der Waals surface area (Å²) in [5.74, 6) is -0.772. The third-order valence-electron chi connectivity index (χ3n) is 2.50. The molecule has 0 aliphatic carbocycles. The van der Waals surface area contributed by atoms with Gasteiger partial charge in [0.25, 0.3) is 5.91 Å². The minimum atomic E-state index is -1.09. The van der Waals surface area contributed by atoms with Crippen molar-refractivity contribution in [3.63, 3.8) is 0 Å². The smallest absolute Gasteiger partial charge is 0.330 e. The van der Waals surface area contributed by atoms with Crippen molar-refractivity contribution in [1.29, 1.82) is 0 Å². The van der Waals surface area contributed by atoms with Crippen LogP contribution in [0.2, 0.25) is 5.02 Å². The number of benzene rings is 1. The lowest BCUT2D eigenvalue weighted by Gasteiger charge is -2.14. The predicted molar refractivity (Wildman–Crippen MR) is 72.7 cm³/mol. The standard InChI is InChI=1S/C13H16ClNO5/c1-8-5-9(3-4-10(8)14)20-7-12(17)15-11(6-16)13(18)19-2/h3-5,11,16H,6-7H2,1-2H3,(H,15,17). The molecule has 1 aromatic carbocycles. The zero-order valence-electron chi connectivity index (χ0n) is 11.2. The predicted octanol–water partition coefficient (Wildman–Crippen LogP) is 0.677. The lowest BCUT2D eigenvalue weighted by Crippen LogP contribution is -2.45. The number of rotatable bonds is 6. The quantitative estimate of drug-likeness (QED) is 0.755. The monoisotopic (exact) mass is 301 g/mol. The maximum atomic E-state index is 11.6. The van der Waals surface area contributed by atoms with E-state index in [1.165, 1.54) is 7.11 Å². The molecule has 1 aromatic rings. The van der Waals surface area contributed by atoms with Gasteiger partial charge >= 0.3 is 5.97 Å². The van der Waals surface area contributed by atoms with Gasteiger partial charge in [-0.15, -0.1) is 0 Å². The van der Waals surface area contributed by atoms with Crippen LogP contribution >= 0.6 is 11.6 Å². The lowest BCUT2D eigenvalue weighted by atomic mass is 10.2. The second-order valence-corrected chi connectivity index (χ2v) is 4.43. The number of aliphatic hydroxyl groups excluding tert-OH is 1. The minimum Gasteiger partial charge on any atom is -0.484 e. The number of esters is 1.